The number of benzene rings is 1. The Balaban J connectivity index is 1.71. The smallest absolute Gasteiger partial charge is 0.211 e. The molecule has 22 heavy (non-hydrogen) atoms. The molecule has 3 atom stereocenters. The van der Waals surface area contributed by atoms with E-state index in [0.29, 0.717) is 12.4 Å². The van der Waals surface area contributed by atoms with Gasteiger partial charge >= 0.3 is 0 Å². The molecular formula is C17H22N2O3. The Morgan fingerprint density at radius 2 is 2.14 bits per heavy atom. The third-order valence-electron chi connectivity index (χ3n) is 4.47. The summed E-state index contributed by atoms with van der Waals surface area (Å²) in [5.41, 5.74) is 1.01. The molecule has 2 N–H and O–H groups in total. The van der Waals surface area contributed by atoms with Crippen molar-refractivity contribution < 1.29 is 14.6 Å². The molecule has 1 aromatic heterocycles. The number of likely N-dealkylation sites (tertiary alicyclic amines) is 1. The van der Waals surface area contributed by atoms with Gasteiger partial charge in [-0.15, -0.1) is 0 Å². The van der Waals surface area contributed by atoms with Crippen LogP contribution in [0.2, 0.25) is 0 Å². The van der Waals surface area contributed by atoms with Crippen LogP contribution in [0.1, 0.15) is 25.3 Å². The molecule has 1 aliphatic rings. The summed E-state index contributed by atoms with van der Waals surface area (Å²) < 4.78 is 5.89. The summed E-state index contributed by atoms with van der Waals surface area (Å²) in [7, 11) is 0. The lowest BCUT2D eigenvalue weighted by Crippen LogP contribution is -2.45. The summed E-state index contributed by atoms with van der Waals surface area (Å²) >= 11 is 0. The van der Waals surface area contributed by atoms with Crippen LogP contribution in [0.15, 0.2) is 40.9 Å². The van der Waals surface area contributed by atoms with Crippen molar-refractivity contribution in [3.63, 3.8) is 0 Å². The SMILES string of the molecule is C[C@H](c1ncc(-c2ccccc2)o1)N1CC[C@H](CO)[C@@H](O)C1. The fraction of sp³-hybridized carbons (Fsp3) is 0.471. The van der Waals surface area contributed by atoms with Crippen LogP contribution >= 0.6 is 0 Å². The number of aromatic nitrogens is 1. The van der Waals surface area contributed by atoms with Gasteiger partial charge in [-0.05, 0) is 19.9 Å². The van der Waals surface area contributed by atoms with Gasteiger partial charge in [0.2, 0.25) is 5.89 Å². The second kappa shape index (κ2) is 6.60. The highest BCUT2D eigenvalue weighted by atomic mass is 16.4. The molecule has 0 aliphatic carbocycles. The lowest BCUT2D eigenvalue weighted by molar-refractivity contribution is -0.0177. The predicted molar refractivity (Wildman–Crippen MR) is 83.1 cm³/mol. The number of nitrogens with zero attached hydrogens (tertiary/aromatic N) is 2. The van der Waals surface area contributed by atoms with Crippen LogP contribution in [-0.4, -0.2) is 45.9 Å². The van der Waals surface area contributed by atoms with Gasteiger partial charge in [-0.3, -0.25) is 4.90 Å². The predicted octanol–water partition coefficient (Wildman–Crippen LogP) is 2.08. The molecule has 1 aliphatic heterocycles. The first-order chi connectivity index (χ1) is 10.7. The average molecular weight is 302 g/mol. The van der Waals surface area contributed by atoms with E-state index < -0.39 is 6.10 Å². The Morgan fingerprint density at radius 3 is 2.82 bits per heavy atom. The van der Waals surface area contributed by atoms with Gasteiger partial charge in [-0.1, -0.05) is 30.3 Å². The Labute approximate surface area is 130 Å². The van der Waals surface area contributed by atoms with E-state index in [-0.39, 0.29) is 18.6 Å². The molecule has 0 saturated carbocycles. The molecule has 0 radical (unpaired) electrons. The number of β-amino-alcohol motifs (C(OH)–C–C–N with tert-alkyl or cyclic N) is 1. The Bertz CT molecular complexity index is 599. The minimum absolute atomic E-state index is 0.00625. The van der Waals surface area contributed by atoms with Crippen LogP contribution in [0.3, 0.4) is 0 Å². The normalized spacial score (nSPS) is 24.3. The molecule has 0 bridgehead atoms. The van der Waals surface area contributed by atoms with Gasteiger partial charge in [0.15, 0.2) is 5.76 Å². The molecule has 5 heteroatoms. The first-order valence-corrected chi connectivity index (χ1v) is 7.73. The van der Waals surface area contributed by atoms with Crippen molar-refractivity contribution in [1.29, 1.82) is 0 Å². The summed E-state index contributed by atoms with van der Waals surface area (Å²) in [5, 5.41) is 19.3. The third kappa shape index (κ3) is 3.06. The maximum atomic E-state index is 10.1. The van der Waals surface area contributed by atoms with Crippen LogP contribution in [0.5, 0.6) is 0 Å². The molecule has 5 nitrogen and oxygen atoms in total. The zero-order valence-electron chi connectivity index (χ0n) is 12.7. The maximum Gasteiger partial charge on any atom is 0.211 e. The lowest BCUT2D eigenvalue weighted by atomic mass is 9.94. The first-order valence-electron chi connectivity index (χ1n) is 7.73. The van der Waals surface area contributed by atoms with Gasteiger partial charge in [-0.25, -0.2) is 4.98 Å². The second-order valence-electron chi connectivity index (χ2n) is 5.90. The molecule has 0 amide bonds. The van der Waals surface area contributed by atoms with Gasteiger partial charge in [0.1, 0.15) is 0 Å². The summed E-state index contributed by atoms with van der Waals surface area (Å²) in [6.45, 7) is 3.44. The van der Waals surface area contributed by atoms with E-state index >= 15 is 0 Å². The topological polar surface area (TPSA) is 69.7 Å². The van der Waals surface area contributed by atoms with Gasteiger partial charge < -0.3 is 14.6 Å². The molecule has 118 valence electrons. The van der Waals surface area contributed by atoms with Crippen molar-refractivity contribution >= 4 is 0 Å². The summed E-state index contributed by atoms with van der Waals surface area (Å²) in [5.74, 6) is 1.40. The molecule has 0 unspecified atom stereocenters. The van der Waals surface area contributed by atoms with E-state index in [0.717, 1.165) is 24.3 Å². The zero-order chi connectivity index (χ0) is 15.5. The number of aliphatic hydroxyl groups excluding tert-OH is 2. The van der Waals surface area contributed by atoms with Crippen molar-refractivity contribution in [2.24, 2.45) is 5.92 Å². The van der Waals surface area contributed by atoms with E-state index in [1.807, 2.05) is 37.3 Å². The number of hydrogen-bond donors (Lipinski definition) is 2. The van der Waals surface area contributed by atoms with E-state index in [4.69, 9.17) is 4.42 Å². The summed E-state index contributed by atoms with van der Waals surface area (Å²) in [4.78, 5) is 6.54. The van der Waals surface area contributed by atoms with Crippen LogP contribution in [-0.2, 0) is 0 Å². The van der Waals surface area contributed by atoms with Crippen LogP contribution in [0, 0.1) is 5.92 Å². The number of rotatable bonds is 4. The van der Waals surface area contributed by atoms with Gasteiger partial charge in [0.05, 0.1) is 18.3 Å². The summed E-state index contributed by atoms with van der Waals surface area (Å²) in [6.07, 6.45) is 2.04. The highest BCUT2D eigenvalue weighted by Gasteiger charge is 2.31. The minimum atomic E-state index is -0.496. The van der Waals surface area contributed by atoms with Crippen LogP contribution in [0.25, 0.3) is 11.3 Å². The average Bonchev–Trinajstić information content (AvgIpc) is 3.05. The highest BCUT2D eigenvalue weighted by molar-refractivity contribution is 5.55. The largest absolute Gasteiger partial charge is 0.439 e. The number of piperidine rings is 1. The van der Waals surface area contributed by atoms with E-state index in [2.05, 4.69) is 9.88 Å². The van der Waals surface area contributed by atoms with E-state index in [1.165, 1.54) is 0 Å². The standard InChI is InChI=1S/C17H22N2O3/c1-12(19-8-7-14(11-20)15(21)10-19)17-18-9-16(22-17)13-5-3-2-4-6-13/h2-6,9,12,14-15,20-21H,7-8,10-11H2,1H3/t12-,14-,15+/m1/s1. The molecule has 1 fully saturated rings. The van der Waals surface area contributed by atoms with E-state index in [1.54, 1.807) is 6.20 Å². The quantitative estimate of drug-likeness (QED) is 0.905. The highest BCUT2D eigenvalue weighted by Crippen LogP contribution is 2.29. The zero-order valence-corrected chi connectivity index (χ0v) is 12.7. The van der Waals surface area contributed by atoms with Crippen molar-refractivity contribution in [2.45, 2.75) is 25.5 Å². The van der Waals surface area contributed by atoms with Crippen LogP contribution < -0.4 is 0 Å². The van der Waals surface area contributed by atoms with Gasteiger partial charge in [0, 0.05) is 24.6 Å². The van der Waals surface area contributed by atoms with Gasteiger partial charge in [-0.2, -0.15) is 0 Å². The molecule has 3 rings (SSSR count). The van der Waals surface area contributed by atoms with Gasteiger partial charge in [0.25, 0.3) is 0 Å². The van der Waals surface area contributed by atoms with Crippen molar-refractivity contribution in [1.82, 2.24) is 9.88 Å². The molecule has 1 aromatic carbocycles. The molecule has 2 heterocycles. The summed E-state index contributed by atoms with van der Waals surface area (Å²) in [6, 6.07) is 9.90. The molecular weight excluding hydrogens is 280 g/mol. The van der Waals surface area contributed by atoms with Crippen molar-refractivity contribution in [3.8, 4) is 11.3 Å². The molecule has 1 saturated heterocycles. The number of oxazole rings is 1. The maximum absolute atomic E-state index is 10.1. The monoisotopic (exact) mass is 302 g/mol. The first kappa shape index (κ1) is 15.2. The fourth-order valence-corrected chi connectivity index (χ4v) is 2.94. The van der Waals surface area contributed by atoms with Crippen molar-refractivity contribution in [3.05, 3.63) is 42.4 Å². The lowest BCUT2D eigenvalue weighted by Gasteiger charge is -2.37. The Kier molecular flexibility index (Phi) is 4.57. The third-order valence-corrected chi connectivity index (χ3v) is 4.47. The Morgan fingerprint density at radius 1 is 1.36 bits per heavy atom. The molecule has 2 aromatic rings. The number of hydrogen-bond acceptors (Lipinski definition) is 5. The second-order valence-corrected chi connectivity index (χ2v) is 5.90. The fourth-order valence-electron chi connectivity index (χ4n) is 2.94. The van der Waals surface area contributed by atoms with E-state index in [9.17, 15) is 10.2 Å². The number of aliphatic hydroxyl groups is 2. The molecule has 0 spiro atoms. The minimum Gasteiger partial charge on any atom is -0.439 e. The van der Waals surface area contributed by atoms with Crippen molar-refractivity contribution in [2.75, 3.05) is 19.7 Å². The van der Waals surface area contributed by atoms with Crippen LogP contribution in [0.4, 0.5) is 0 Å². The Hall–Kier alpha value is -1.69.